The molecule has 28 heavy (non-hydrogen) atoms. The van der Waals surface area contributed by atoms with Crippen LogP contribution in [0.25, 0.3) is 22.7 Å². The number of hydrogen-bond acceptors (Lipinski definition) is 7. The number of alkyl halides is 2. The van der Waals surface area contributed by atoms with Gasteiger partial charge in [0.15, 0.2) is 0 Å². The number of nitrogens with zero attached hydrogens (tertiary/aromatic N) is 6. The van der Waals surface area contributed by atoms with Crippen LogP contribution in [0.4, 0.5) is 14.6 Å². The van der Waals surface area contributed by atoms with Crippen molar-refractivity contribution in [3.63, 3.8) is 0 Å². The van der Waals surface area contributed by atoms with Crippen molar-refractivity contribution in [2.45, 2.75) is 19.4 Å². The molecule has 1 unspecified atom stereocenters. The van der Waals surface area contributed by atoms with E-state index < -0.39 is 12.3 Å². The van der Waals surface area contributed by atoms with Crippen molar-refractivity contribution in [2.75, 3.05) is 5.73 Å². The molecule has 0 radical (unpaired) electrons. The summed E-state index contributed by atoms with van der Waals surface area (Å²) >= 11 is 0. The van der Waals surface area contributed by atoms with Gasteiger partial charge in [-0.1, -0.05) is 17.3 Å². The van der Waals surface area contributed by atoms with Crippen molar-refractivity contribution in [3.8, 4) is 22.7 Å². The summed E-state index contributed by atoms with van der Waals surface area (Å²) < 4.78 is 31.8. The summed E-state index contributed by atoms with van der Waals surface area (Å²) in [5.41, 5.74) is 8.60. The van der Waals surface area contributed by atoms with Crippen molar-refractivity contribution in [1.29, 1.82) is 0 Å². The third-order valence-corrected chi connectivity index (χ3v) is 4.26. The van der Waals surface area contributed by atoms with Gasteiger partial charge in [0.05, 0.1) is 12.2 Å². The van der Waals surface area contributed by atoms with Crippen LogP contribution in [-0.4, -0.2) is 30.2 Å². The standard InChI is InChI=1S/C18H15F2N7O/c1-10(27-9-14(23-26-27)13-6-7-15(21)22-8-13)11-2-4-12(5-3-11)17-24-25-18(28-17)16(19)20/h2-10,16H,1H3,(H2,21,22). The largest absolute Gasteiger partial charge is 0.415 e. The van der Waals surface area contributed by atoms with Gasteiger partial charge in [-0.2, -0.15) is 8.78 Å². The Morgan fingerprint density at radius 2 is 1.75 bits per heavy atom. The molecule has 0 spiro atoms. The van der Waals surface area contributed by atoms with Gasteiger partial charge in [0.1, 0.15) is 11.5 Å². The maximum atomic E-state index is 12.6. The topological polar surface area (TPSA) is 109 Å². The molecular weight excluding hydrogens is 368 g/mol. The molecule has 1 atom stereocenters. The van der Waals surface area contributed by atoms with E-state index in [9.17, 15) is 8.78 Å². The minimum Gasteiger partial charge on any atom is -0.415 e. The van der Waals surface area contributed by atoms with Crippen LogP contribution < -0.4 is 5.73 Å². The average molecular weight is 383 g/mol. The Balaban J connectivity index is 1.53. The van der Waals surface area contributed by atoms with E-state index in [-0.39, 0.29) is 11.9 Å². The van der Waals surface area contributed by atoms with Crippen molar-refractivity contribution in [3.05, 3.63) is 60.2 Å². The van der Waals surface area contributed by atoms with Crippen molar-refractivity contribution in [2.24, 2.45) is 0 Å². The van der Waals surface area contributed by atoms with Gasteiger partial charge in [-0.05, 0) is 36.8 Å². The fourth-order valence-corrected chi connectivity index (χ4v) is 2.65. The smallest absolute Gasteiger partial charge is 0.314 e. The van der Waals surface area contributed by atoms with E-state index in [1.54, 1.807) is 29.1 Å². The zero-order valence-electron chi connectivity index (χ0n) is 14.7. The quantitative estimate of drug-likeness (QED) is 0.561. The third-order valence-electron chi connectivity index (χ3n) is 4.26. The Labute approximate surface area is 158 Å². The van der Waals surface area contributed by atoms with Gasteiger partial charge in [0, 0.05) is 17.3 Å². The fourth-order valence-electron chi connectivity index (χ4n) is 2.65. The Bertz CT molecular complexity index is 1070. The van der Waals surface area contributed by atoms with Gasteiger partial charge in [-0.15, -0.1) is 15.3 Å². The number of nitrogen functional groups attached to an aromatic ring is 1. The van der Waals surface area contributed by atoms with Crippen molar-refractivity contribution in [1.82, 2.24) is 30.2 Å². The van der Waals surface area contributed by atoms with Crippen molar-refractivity contribution >= 4 is 5.82 Å². The molecule has 0 amide bonds. The number of rotatable bonds is 5. The highest BCUT2D eigenvalue weighted by atomic mass is 19.3. The Kier molecular flexibility index (Phi) is 4.52. The Morgan fingerprint density at radius 3 is 2.39 bits per heavy atom. The number of hydrogen-bond donors (Lipinski definition) is 1. The predicted molar refractivity (Wildman–Crippen MR) is 96.2 cm³/mol. The first-order valence-corrected chi connectivity index (χ1v) is 8.37. The summed E-state index contributed by atoms with van der Waals surface area (Å²) in [6.07, 6.45) is 0.665. The van der Waals surface area contributed by atoms with Crippen LogP contribution in [0.3, 0.4) is 0 Å². The first kappa shape index (κ1) is 17.7. The highest BCUT2D eigenvalue weighted by molar-refractivity contribution is 5.58. The molecule has 0 aliphatic heterocycles. The number of aromatic nitrogens is 6. The molecule has 3 aromatic heterocycles. The lowest BCUT2D eigenvalue weighted by atomic mass is 10.1. The summed E-state index contributed by atoms with van der Waals surface area (Å²) in [6.45, 7) is 1.97. The number of benzene rings is 1. The molecule has 0 saturated carbocycles. The van der Waals surface area contributed by atoms with Crippen LogP contribution >= 0.6 is 0 Å². The second kappa shape index (κ2) is 7.14. The highest BCUT2D eigenvalue weighted by Crippen LogP contribution is 2.26. The van der Waals surface area contributed by atoms with Gasteiger partial charge >= 0.3 is 6.43 Å². The average Bonchev–Trinajstić information content (AvgIpc) is 3.38. The van der Waals surface area contributed by atoms with Crippen LogP contribution in [0.1, 0.15) is 30.8 Å². The maximum Gasteiger partial charge on any atom is 0.314 e. The van der Waals surface area contributed by atoms with Crippen LogP contribution in [0, 0.1) is 0 Å². The molecule has 0 bridgehead atoms. The van der Waals surface area contributed by atoms with Crippen LogP contribution in [-0.2, 0) is 0 Å². The van der Waals surface area contributed by atoms with E-state index in [1.807, 2.05) is 31.3 Å². The minimum atomic E-state index is -2.79. The van der Waals surface area contributed by atoms with Crippen LogP contribution in [0.5, 0.6) is 0 Å². The lowest BCUT2D eigenvalue weighted by molar-refractivity contribution is 0.116. The molecule has 3 heterocycles. The number of halogens is 2. The van der Waals surface area contributed by atoms with Gasteiger partial charge in [0.25, 0.3) is 5.89 Å². The molecule has 8 nitrogen and oxygen atoms in total. The molecule has 10 heteroatoms. The number of nitrogens with two attached hydrogens (primary N) is 1. The van der Waals surface area contributed by atoms with Gasteiger partial charge < -0.3 is 10.2 Å². The molecule has 0 fully saturated rings. The molecule has 0 aliphatic rings. The molecule has 0 aliphatic carbocycles. The normalized spacial score (nSPS) is 12.4. The second-order valence-electron chi connectivity index (χ2n) is 6.10. The lowest BCUT2D eigenvalue weighted by Crippen LogP contribution is -2.07. The SMILES string of the molecule is CC(c1ccc(-c2nnc(C(F)F)o2)cc1)n1cc(-c2ccc(N)nc2)nn1. The van der Waals surface area contributed by atoms with Gasteiger partial charge in [0.2, 0.25) is 5.89 Å². The van der Waals surface area contributed by atoms with E-state index in [4.69, 9.17) is 10.2 Å². The monoisotopic (exact) mass is 383 g/mol. The zero-order chi connectivity index (χ0) is 19.7. The first-order chi connectivity index (χ1) is 13.5. The van der Waals surface area contributed by atoms with Gasteiger partial charge in [-0.3, -0.25) is 0 Å². The van der Waals surface area contributed by atoms with E-state index in [1.165, 1.54) is 0 Å². The zero-order valence-corrected chi connectivity index (χ0v) is 14.7. The van der Waals surface area contributed by atoms with Crippen LogP contribution in [0.15, 0.2) is 53.2 Å². The number of anilines is 1. The maximum absolute atomic E-state index is 12.6. The Morgan fingerprint density at radius 1 is 1.00 bits per heavy atom. The van der Waals surface area contributed by atoms with E-state index in [0.29, 0.717) is 17.1 Å². The van der Waals surface area contributed by atoms with E-state index >= 15 is 0 Å². The minimum absolute atomic E-state index is 0.0494. The number of pyridine rings is 1. The summed E-state index contributed by atoms with van der Waals surface area (Å²) in [4.78, 5) is 4.05. The molecule has 2 N–H and O–H groups in total. The molecular formula is C18H15F2N7O. The molecule has 4 aromatic rings. The summed E-state index contributed by atoms with van der Waals surface area (Å²) in [5.74, 6) is -0.209. The van der Waals surface area contributed by atoms with Crippen molar-refractivity contribution < 1.29 is 13.2 Å². The first-order valence-electron chi connectivity index (χ1n) is 8.37. The lowest BCUT2D eigenvalue weighted by Gasteiger charge is -2.11. The van der Waals surface area contributed by atoms with Crippen LogP contribution in [0.2, 0.25) is 0 Å². The van der Waals surface area contributed by atoms with E-state index in [0.717, 1.165) is 11.1 Å². The fraction of sp³-hybridized carbons (Fsp3) is 0.167. The predicted octanol–water partition coefficient (Wildman–Crippen LogP) is 3.52. The molecule has 4 rings (SSSR count). The third kappa shape index (κ3) is 3.43. The molecule has 0 saturated heterocycles. The summed E-state index contributed by atoms with van der Waals surface area (Å²) in [7, 11) is 0. The second-order valence-corrected chi connectivity index (χ2v) is 6.10. The Hall–Kier alpha value is -3.69. The van der Waals surface area contributed by atoms with Gasteiger partial charge in [-0.25, -0.2) is 9.67 Å². The van der Waals surface area contributed by atoms with E-state index in [2.05, 4.69) is 25.5 Å². The molecule has 142 valence electrons. The summed E-state index contributed by atoms with van der Waals surface area (Å²) in [6, 6.07) is 10.6. The summed E-state index contributed by atoms with van der Waals surface area (Å²) in [5, 5.41) is 15.3. The molecule has 1 aromatic carbocycles. The highest BCUT2D eigenvalue weighted by Gasteiger charge is 2.17.